The van der Waals surface area contributed by atoms with Gasteiger partial charge in [-0.3, -0.25) is 19.2 Å². The Bertz CT molecular complexity index is 1310. The minimum atomic E-state index is -0.250. The van der Waals surface area contributed by atoms with E-state index in [1.807, 2.05) is 0 Å². The van der Waals surface area contributed by atoms with E-state index >= 15 is 0 Å². The molecule has 0 N–H and O–H groups in total. The largest absolute Gasteiger partial charge is 0.372 e. The highest BCUT2D eigenvalue weighted by molar-refractivity contribution is 8.10. The first-order chi connectivity index (χ1) is 18.2. The normalized spacial score (nSPS) is 17.2. The van der Waals surface area contributed by atoms with Crippen LogP contribution in [0.1, 0.15) is 74.5 Å². The molecule has 1 saturated heterocycles. The number of hydrogen-bond donors (Lipinski definition) is 1. The predicted octanol–water partition coefficient (Wildman–Crippen LogP) is 5.48. The highest BCUT2D eigenvalue weighted by Gasteiger charge is 2.31. The maximum Gasteiger partial charge on any atom is 0.192 e. The fourth-order valence-electron chi connectivity index (χ4n) is 4.79. The van der Waals surface area contributed by atoms with Crippen LogP contribution in [0.25, 0.3) is 0 Å². The molecule has 3 aliphatic rings. The van der Waals surface area contributed by atoms with Gasteiger partial charge in [-0.05, 0) is 33.1 Å². The van der Waals surface area contributed by atoms with Crippen LogP contribution in [-0.2, 0) is 4.74 Å². The summed E-state index contributed by atoms with van der Waals surface area (Å²) in [5, 5.41) is 0. The zero-order chi connectivity index (χ0) is 27.4. The second-order valence-electron chi connectivity index (χ2n) is 9.44. The molecular formula is C30H29NO5S2. The van der Waals surface area contributed by atoms with Crippen molar-refractivity contribution in [2.24, 2.45) is 0 Å². The summed E-state index contributed by atoms with van der Waals surface area (Å²) in [6.07, 6.45) is 3.91. The van der Waals surface area contributed by atoms with E-state index in [2.05, 4.69) is 17.5 Å². The SMILES string of the molecule is CC1=C(COCC2=C(C)C(=O)c3ccccc3C2=O)C(=O)c2ccccc2C1=O.S=C(S)N1CCCCC1. The number of benzene rings is 2. The Morgan fingerprint density at radius 2 is 1.08 bits per heavy atom. The van der Waals surface area contributed by atoms with Gasteiger partial charge in [0.1, 0.15) is 4.32 Å². The molecule has 38 heavy (non-hydrogen) atoms. The minimum absolute atomic E-state index is 0.107. The molecule has 2 aromatic rings. The number of piperidine rings is 1. The monoisotopic (exact) mass is 547 g/mol. The molecule has 0 radical (unpaired) electrons. The van der Waals surface area contributed by atoms with Crippen molar-refractivity contribution < 1.29 is 23.9 Å². The molecule has 196 valence electrons. The Balaban J connectivity index is 0.000000317. The van der Waals surface area contributed by atoms with Crippen molar-refractivity contribution in [3.8, 4) is 0 Å². The summed E-state index contributed by atoms with van der Waals surface area (Å²) in [5.74, 6) is -0.904. The van der Waals surface area contributed by atoms with Crippen LogP contribution in [0.4, 0.5) is 0 Å². The molecule has 5 rings (SSSR count). The van der Waals surface area contributed by atoms with Crippen LogP contribution >= 0.6 is 24.8 Å². The summed E-state index contributed by atoms with van der Waals surface area (Å²) in [6, 6.07) is 13.4. The highest BCUT2D eigenvalue weighted by Crippen LogP contribution is 2.28. The molecule has 8 heteroatoms. The number of ketones is 4. The quantitative estimate of drug-likeness (QED) is 0.401. The topological polar surface area (TPSA) is 80.8 Å². The smallest absolute Gasteiger partial charge is 0.192 e. The van der Waals surface area contributed by atoms with Crippen LogP contribution in [0.3, 0.4) is 0 Å². The van der Waals surface area contributed by atoms with Gasteiger partial charge >= 0.3 is 0 Å². The molecule has 2 aromatic carbocycles. The third kappa shape index (κ3) is 5.62. The summed E-state index contributed by atoms with van der Waals surface area (Å²) < 4.78 is 6.42. The number of fused-ring (bicyclic) bond motifs is 2. The molecule has 0 spiro atoms. The first kappa shape index (κ1) is 27.8. The van der Waals surface area contributed by atoms with Gasteiger partial charge in [0.05, 0.1) is 13.2 Å². The molecule has 0 atom stereocenters. The summed E-state index contributed by atoms with van der Waals surface area (Å²) in [7, 11) is 0. The van der Waals surface area contributed by atoms with Gasteiger partial charge in [-0.15, -0.1) is 12.6 Å². The summed E-state index contributed by atoms with van der Waals surface area (Å²) in [6.45, 7) is 5.22. The van der Waals surface area contributed by atoms with Gasteiger partial charge < -0.3 is 9.64 Å². The molecule has 6 nitrogen and oxygen atoms in total. The fourth-order valence-corrected chi connectivity index (χ4v) is 5.17. The second-order valence-corrected chi connectivity index (χ2v) is 10.6. The van der Waals surface area contributed by atoms with Crippen molar-refractivity contribution >= 4 is 52.3 Å². The first-order valence-electron chi connectivity index (χ1n) is 12.5. The molecule has 2 aliphatic carbocycles. The van der Waals surface area contributed by atoms with Crippen molar-refractivity contribution in [1.82, 2.24) is 4.90 Å². The Morgan fingerprint density at radius 3 is 1.42 bits per heavy atom. The van der Waals surface area contributed by atoms with Gasteiger partial charge in [-0.2, -0.15) is 0 Å². The maximum absolute atomic E-state index is 12.8. The average Bonchev–Trinajstić information content (AvgIpc) is 2.95. The van der Waals surface area contributed by atoms with Crippen molar-refractivity contribution in [2.45, 2.75) is 33.1 Å². The minimum Gasteiger partial charge on any atom is -0.372 e. The maximum atomic E-state index is 12.8. The molecule has 0 saturated carbocycles. The molecule has 0 aromatic heterocycles. The lowest BCUT2D eigenvalue weighted by atomic mass is 9.84. The summed E-state index contributed by atoms with van der Waals surface area (Å²) in [4.78, 5) is 52.8. The lowest BCUT2D eigenvalue weighted by Gasteiger charge is -2.26. The van der Waals surface area contributed by atoms with Crippen LogP contribution in [0.5, 0.6) is 0 Å². The second kappa shape index (κ2) is 12.1. The molecule has 1 heterocycles. The van der Waals surface area contributed by atoms with Crippen LogP contribution in [0.15, 0.2) is 70.8 Å². The third-order valence-corrected chi connectivity index (χ3v) is 7.63. The van der Waals surface area contributed by atoms with Crippen molar-refractivity contribution in [1.29, 1.82) is 0 Å². The third-order valence-electron chi connectivity index (χ3n) is 7.09. The average molecular weight is 548 g/mol. The van der Waals surface area contributed by atoms with E-state index in [0.717, 1.165) is 17.4 Å². The Kier molecular flexibility index (Phi) is 8.87. The van der Waals surface area contributed by atoms with E-state index in [9.17, 15) is 19.2 Å². The van der Waals surface area contributed by atoms with Gasteiger partial charge in [0.15, 0.2) is 23.1 Å². The number of thiocarbonyl (C=S) groups is 1. The van der Waals surface area contributed by atoms with Crippen molar-refractivity contribution in [3.63, 3.8) is 0 Å². The van der Waals surface area contributed by atoms with Crippen LogP contribution in [0.2, 0.25) is 0 Å². The number of allylic oxidation sites excluding steroid dienone is 2. The summed E-state index contributed by atoms with van der Waals surface area (Å²) >= 11 is 9.00. The Hall–Kier alpha value is -3.20. The van der Waals surface area contributed by atoms with E-state index in [1.54, 1.807) is 62.4 Å². The van der Waals surface area contributed by atoms with Gasteiger partial charge in [-0.1, -0.05) is 60.7 Å². The number of thiol groups is 1. The van der Waals surface area contributed by atoms with Crippen LogP contribution < -0.4 is 0 Å². The number of likely N-dealkylation sites (tertiary alicyclic amines) is 1. The van der Waals surface area contributed by atoms with Crippen LogP contribution in [0, 0.1) is 0 Å². The zero-order valence-corrected chi connectivity index (χ0v) is 23.1. The number of carbonyl (C=O) groups excluding carboxylic acids is 4. The zero-order valence-electron chi connectivity index (χ0n) is 21.4. The van der Waals surface area contributed by atoms with Gasteiger partial charge in [0, 0.05) is 57.6 Å². The molecule has 0 unspecified atom stereocenters. The predicted molar refractivity (Wildman–Crippen MR) is 153 cm³/mol. The Morgan fingerprint density at radius 1 is 0.711 bits per heavy atom. The van der Waals surface area contributed by atoms with E-state index in [4.69, 9.17) is 17.0 Å². The summed E-state index contributed by atoms with van der Waals surface area (Å²) in [5.41, 5.74) is 2.74. The molecular weight excluding hydrogens is 518 g/mol. The van der Waals surface area contributed by atoms with E-state index in [0.29, 0.717) is 33.4 Å². The van der Waals surface area contributed by atoms with Crippen molar-refractivity contribution in [2.75, 3.05) is 26.3 Å². The highest BCUT2D eigenvalue weighted by atomic mass is 32.1. The lowest BCUT2D eigenvalue weighted by molar-refractivity contribution is 0.0915. The number of Topliss-reactive ketones (excluding diaryl/α,β-unsaturated/α-hetero) is 4. The number of rotatable bonds is 4. The van der Waals surface area contributed by atoms with E-state index in [1.165, 1.54) is 19.3 Å². The number of nitrogens with zero attached hydrogens (tertiary/aromatic N) is 1. The molecule has 1 aliphatic heterocycles. The van der Waals surface area contributed by atoms with Gasteiger partial charge in [0.2, 0.25) is 0 Å². The molecule has 0 amide bonds. The molecule has 0 bridgehead atoms. The Labute approximate surface area is 233 Å². The van der Waals surface area contributed by atoms with Gasteiger partial charge in [-0.25, -0.2) is 0 Å². The van der Waals surface area contributed by atoms with E-state index in [-0.39, 0.29) is 47.5 Å². The standard InChI is InChI=1S/C24H18O5.C6H11NS2/c1-13-19(23(27)17-9-5-3-7-15(17)21(13)25)11-29-12-20-14(2)22(26)16-8-4-6-10-18(16)24(20)28;8-6(9)7-4-2-1-3-5-7/h3-10H,11-12H2,1-2H3;1-5H2,(H,8,9). The number of hydrogen-bond acceptors (Lipinski definition) is 6. The molecule has 1 fully saturated rings. The number of ether oxygens (including phenoxy) is 1. The van der Waals surface area contributed by atoms with Crippen LogP contribution in [-0.4, -0.2) is 58.7 Å². The lowest BCUT2D eigenvalue weighted by Crippen LogP contribution is -2.31. The fraction of sp³-hybridized carbons (Fsp3) is 0.300. The number of carbonyl (C=O) groups is 4. The van der Waals surface area contributed by atoms with Gasteiger partial charge in [0.25, 0.3) is 0 Å². The van der Waals surface area contributed by atoms with E-state index < -0.39 is 0 Å². The van der Waals surface area contributed by atoms with Crippen molar-refractivity contribution in [3.05, 3.63) is 93.1 Å². The first-order valence-corrected chi connectivity index (χ1v) is 13.4.